The molecule has 2 fully saturated rings. The van der Waals surface area contributed by atoms with Crippen molar-refractivity contribution in [1.82, 2.24) is 0 Å². The third-order valence-electron chi connectivity index (χ3n) is 4.31. The van der Waals surface area contributed by atoms with Gasteiger partial charge < -0.3 is 4.74 Å². The highest BCUT2D eigenvalue weighted by Gasteiger charge is 2.38. The SMILES string of the molecule is CCc1ccc(C(=O)C2CC3CCC(C2)O3)cc1. The first-order valence-electron chi connectivity index (χ1n) is 7.05. The minimum atomic E-state index is 0.184. The summed E-state index contributed by atoms with van der Waals surface area (Å²) in [5.41, 5.74) is 2.16. The molecule has 0 spiro atoms. The van der Waals surface area contributed by atoms with Gasteiger partial charge in [0.1, 0.15) is 0 Å². The van der Waals surface area contributed by atoms with E-state index in [4.69, 9.17) is 4.74 Å². The second-order valence-electron chi connectivity index (χ2n) is 5.54. The van der Waals surface area contributed by atoms with Gasteiger partial charge in [0.2, 0.25) is 0 Å². The summed E-state index contributed by atoms with van der Waals surface area (Å²) in [7, 11) is 0. The fourth-order valence-corrected chi connectivity index (χ4v) is 3.21. The largest absolute Gasteiger partial charge is 0.375 e. The number of hydrogen-bond acceptors (Lipinski definition) is 2. The molecule has 0 N–H and O–H groups in total. The predicted molar refractivity (Wildman–Crippen MR) is 70.8 cm³/mol. The summed E-state index contributed by atoms with van der Waals surface area (Å²) in [4.78, 5) is 12.5. The second kappa shape index (κ2) is 4.85. The van der Waals surface area contributed by atoms with Crippen LogP contribution >= 0.6 is 0 Å². The van der Waals surface area contributed by atoms with Gasteiger partial charge in [-0.1, -0.05) is 31.2 Å². The van der Waals surface area contributed by atoms with Gasteiger partial charge in [0.05, 0.1) is 12.2 Å². The van der Waals surface area contributed by atoms with Crippen LogP contribution in [-0.2, 0) is 11.2 Å². The number of ketones is 1. The topological polar surface area (TPSA) is 26.3 Å². The Bertz CT molecular complexity index is 423. The van der Waals surface area contributed by atoms with Crippen molar-refractivity contribution in [3.8, 4) is 0 Å². The monoisotopic (exact) mass is 244 g/mol. The number of carbonyl (C=O) groups is 1. The molecule has 2 nitrogen and oxygen atoms in total. The molecule has 2 saturated heterocycles. The molecule has 18 heavy (non-hydrogen) atoms. The molecule has 0 aliphatic carbocycles. The molecule has 1 aromatic carbocycles. The molecule has 0 radical (unpaired) electrons. The van der Waals surface area contributed by atoms with E-state index in [9.17, 15) is 4.79 Å². The third-order valence-corrected chi connectivity index (χ3v) is 4.31. The van der Waals surface area contributed by atoms with Gasteiger partial charge in [-0.25, -0.2) is 0 Å². The van der Waals surface area contributed by atoms with Crippen molar-refractivity contribution in [2.24, 2.45) is 5.92 Å². The number of Topliss-reactive ketones (excluding diaryl/α,β-unsaturated/α-hetero) is 1. The molecule has 0 aromatic heterocycles. The van der Waals surface area contributed by atoms with E-state index in [1.165, 1.54) is 5.56 Å². The number of benzene rings is 1. The maximum atomic E-state index is 12.5. The van der Waals surface area contributed by atoms with E-state index >= 15 is 0 Å². The Balaban J connectivity index is 1.73. The highest BCUT2D eigenvalue weighted by Crippen LogP contribution is 2.37. The minimum absolute atomic E-state index is 0.184. The summed E-state index contributed by atoms with van der Waals surface area (Å²) >= 11 is 0. The normalized spacial score (nSPS) is 30.4. The average molecular weight is 244 g/mol. The molecule has 0 saturated carbocycles. The summed E-state index contributed by atoms with van der Waals surface area (Å²) in [6.07, 6.45) is 5.83. The van der Waals surface area contributed by atoms with Crippen LogP contribution in [0, 0.1) is 5.92 Å². The number of carbonyl (C=O) groups excluding carboxylic acids is 1. The van der Waals surface area contributed by atoms with Crippen LogP contribution in [0.4, 0.5) is 0 Å². The van der Waals surface area contributed by atoms with Crippen molar-refractivity contribution < 1.29 is 9.53 Å². The third kappa shape index (κ3) is 2.22. The Morgan fingerprint density at radius 3 is 2.33 bits per heavy atom. The lowest BCUT2D eigenvalue weighted by molar-refractivity contribution is -0.0149. The van der Waals surface area contributed by atoms with Gasteiger partial charge in [0.25, 0.3) is 0 Å². The molecule has 2 heteroatoms. The van der Waals surface area contributed by atoms with Gasteiger partial charge in [-0.05, 0) is 37.7 Å². The van der Waals surface area contributed by atoms with E-state index in [1.807, 2.05) is 12.1 Å². The van der Waals surface area contributed by atoms with Crippen LogP contribution in [0.2, 0.25) is 0 Å². The molecule has 1 aromatic rings. The van der Waals surface area contributed by atoms with E-state index in [1.54, 1.807) is 0 Å². The van der Waals surface area contributed by atoms with Crippen LogP contribution in [0.25, 0.3) is 0 Å². The van der Waals surface area contributed by atoms with Crippen LogP contribution in [0.5, 0.6) is 0 Å². The van der Waals surface area contributed by atoms with Crippen LogP contribution in [0.1, 0.15) is 48.5 Å². The Morgan fingerprint density at radius 2 is 1.78 bits per heavy atom. The number of hydrogen-bond donors (Lipinski definition) is 0. The quantitative estimate of drug-likeness (QED) is 0.762. The van der Waals surface area contributed by atoms with Crippen molar-refractivity contribution in [3.63, 3.8) is 0 Å². The van der Waals surface area contributed by atoms with Gasteiger partial charge in [-0.3, -0.25) is 4.79 Å². The van der Waals surface area contributed by atoms with Crippen molar-refractivity contribution in [2.45, 2.75) is 51.2 Å². The molecular weight excluding hydrogens is 224 g/mol. The van der Waals surface area contributed by atoms with Gasteiger partial charge in [0.15, 0.2) is 5.78 Å². The number of aryl methyl sites for hydroxylation is 1. The molecule has 2 aliphatic rings. The molecule has 2 unspecified atom stereocenters. The molecule has 2 aliphatic heterocycles. The lowest BCUT2D eigenvalue weighted by Crippen LogP contribution is -2.30. The summed E-state index contributed by atoms with van der Waals surface area (Å²) in [5, 5.41) is 0. The maximum Gasteiger partial charge on any atom is 0.166 e. The Morgan fingerprint density at radius 1 is 1.17 bits per heavy atom. The number of ether oxygens (including phenoxy) is 1. The smallest absolute Gasteiger partial charge is 0.166 e. The first kappa shape index (κ1) is 11.9. The van der Waals surface area contributed by atoms with E-state index in [-0.39, 0.29) is 5.92 Å². The molecule has 2 atom stereocenters. The zero-order chi connectivity index (χ0) is 12.5. The summed E-state index contributed by atoms with van der Waals surface area (Å²) in [6.45, 7) is 2.13. The molecule has 0 amide bonds. The first-order chi connectivity index (χ1) is 8.76. The molecular formula is C16H20O2. The van der Waals surface area contributed by atoms with Crippen molar-refractivity contribution in [1.29, 1.82) is 0 Å². The Labute approximate surface area is 108 Å². The van der Waals surface area contributed by atoms with Gasteiger partial charge in [-0.2, -0.15) is 0 Å². The molecule has 2 bridgehead atoms. The van der Waals surface area contributed by atoms with Crippen LogP contribution in [0.15, 0.2) is 24.3 Å². The minimum Gasteiger partial charge on any atom is -0.375 e. The lowest BCUT2D eigenvalue weighted by atomic mass is 9.88. The van der Waals surface area contributed by atoms with Crippen LogP contribution < -0.4 is 0 Å². The van der Waals surface area contributed by atoms with Crippen LogP contribution in [0.3, 0.4) is 0 Å². The van der Waals surface area contributed by atoms with Gasteiger partial charge in [0, 0.05) is 11.5 Å². The molecule has 2 heterocycles. The van der Waals surface area contributed by atoms with E-state index < -0.39 is 0 Å². The zero-order valence-corrected chi connectivity index (χ0v) is 10.9. The van der Waals surface area contributed by atoms with Crippen molar-refractivity contribution in [3.05, 3.63) is 35.4 Å². The maximum absolute atomic E-state index is 12.5. The van der Waals surface area contributed by atoms with Gasteiger partial charge >= 0.3 is 0 Å². The molecule has 3 rings (SSSR count). The Hall–Kier alpha value is -1.15. The number of rotatable bonds is 3. The highest BCUT2D eigenvalue weighted by molar-refractivity contribution is 5.98. The fourth-order valence-electron chi connectivity index (χ4n) is 3.21. The first-order valence-corrected chi connectivity index (χ1v) is 7.05. The van der Waals surface area contributed by atoms with Crippen molar-refractivity contribution >= 4 is 5.78 Å². The average Bonchev–Trinajstić information content (AvgIpc) is 2.77. The van der Waals surface area contributed by atoms with E-state index in [0.717, 1.165) is 37.7 Å². The standard InChI is InChI=1S/C16H20O2/c1-2-11-3-5-12(6-4-11)16(17)13-9-14-7-8-15(10-13)18-14/h3-6,13-15H,2,7-10H2,1H3. The fraction of sp³-hybridized carbons (Fsp3) is 0.562. The predicted octanol–water partition coefficient (Wildman–Crippen LogP) is 3.39. The lowest BCUT2D eigenvalue weighted by Gasteiger charge is -2.27. The molecule has 96 valence electrons. The summed E-state index contributed by atoms with van der Waals surface area (Å²) in [6, 6.07) is 8.11. The van der Waals surface area contributed by atoms with Crippen molar-refractivity contribution in [2.75, 3.05) is 0 Å². The second-order valence-corrected chi connectivity index (χ2v) is 5.54. The van der Waals surface area contributed by atoms with Crippen LogP contribution in [-0.4, -0.2) is 18.0 Å². The van der Waals surface area contributed by atoms with Gasteiger partial charge in [-0.15, -0.1) is 0 Å². The Kier molecular flexibility index (Phi) is 3.21. The number of fused-ring (bicyclic) bond motifs is 2. The zero-order valence-electron chi connectivity index (χ0n) is 10.9. The van der Waals surface area contributed by atoms with E-state index in [2.05, 4.69) is 19.1 Å². The highest BCUT2D eigenvalue weighted by atomic mass is 16.5. The summed E-state index contributed by atoms with van der Waals surface area (Å²) < 4.78 is 5.80. The van der Waals surface area contributed by atoms with E-state index in [0.29, 0.717) is 18.0 Å². The summed E-state index contributed by atoms with van der Waals surface area (Å²) in [5.74, 6) is 0.501.